The van der Waals surface area contributed by atoms with Crippen LogP contribution in [-0.2, 0) is 16.6 Å². The first-order chi connectivity index (χ1) is 8.50. The van der Waals surface area contributed by atoms with Crippen LogP contribution in [0.25, 0.3) is 0 Å². The molecule has 18 heavy (non-hydrogen) atoms. The summed E-state index contributed by atoms with van der Waals surface area (Å²) in [5.41, 5.74) is 5.73. The molecule has 0 amide bonds. The van der Waals surface area contributed by atoms with Crippen LogP contribution in [0.1, 0.15) is 33.1 Å². The number of aromatic nitrogens is 2. The third-order valence-corrected chi connectivity index (χ3v) is 5.10. The first-order valence-electron chi connectivity index (χ1n) is 6.35. The van der Waals surface area contributed by atoms with E-state index in [-0.39, 0.29) is 16.8 Å². The van der Waals surface area contributed by atoms with Crippen molar-refractivity contribution in [1.29, 1.82) is 0 Å². The van der Waals surface area contributed by atoms with Gasteiger partial charge in [0.2, 0.25) is 10.0 Å². The summed E-state index contributed by atoms with van der Waals surface area (Å²) in [4.78, 5) is 0.143. The van der Waals surface area contributed by atoms with Crippen LogP contribution in [0.4, 0.5) is 5.82 Å². The van der Waals surface area contributed by atoms with Crippen molar-refractivity contribution in [2.24, 2.45) is 0 Å². The molecule has 2 N–H and O–H groups in total. The van der Waals surface area contributed by atoms with E-state index in [1.165, 1.54) is 4.31 Å². The second-order valence-electron chi connectivity index (χ2n) is 4.58. The Hall–Kier alpha value is -1.08. The van der Waals surface area contributed by atoms with Gasteiger partial charge < -0.3 is 5.73 Å². The van der Waals surface area contributed by atoms with Crippen molar-refractivity contribution in [3.05, 3.63) is 6.20 Å². The first-order valence-corrected chi connectivity index (χ1v) is 7.79. The number of aryl methyl sites for hydroxylation is 1. The van der Waals surface area contributed by atoms with Gasteiger partial charge in [-0.05, 0) is 19.3 Å². The summed E-state index contributed by atoms with van der Waals surface area (Å²) in [5.74, 6) is 0.0996. The molecule has 0 unspecified atom stereocenters. The molecule has 1 aromatic rings. The molecule has 1 aromatic heterocycles. The highest BCUT2D eigenvalue weighted by Crippen LogP contribution is 2.33. The van der Waals surface area contributed by atoms with E-state index in [9.17, 15) is 8.42 Å². The highest BCUT2D eigenvalue weighted by atomic mass is 32.2. The highest BCUT2D eigenvalue weighted by Gasteiger charge is 2.38. The van der Waals surface area contributed by atoms with E-state index in [2.05, 4.69) is 5.10 Å². The van der Waals surface area contributed by atoms with Gasteiger partial charge in [0, 0.05) is 25.3 Å². The van der Waals surface area contributed by atoms with Crippen molar-refractivity contribution in [2.45, 2.75) is 50.6 Å². The third kappa shape index (κ3) is 2.37. The fourth-order valence-electron chi connectivity index (χ4n) is 2.07. The minimum absolute atomic E-state index is 0.0996. The summed E-state index contributed by atoms with van der Waals surface area (Å²) in [6.07, 6.45) is 4.31. The number of nitrogens with zero attached hydrogens (tertiary/aromatic N) is 3. The minimum atomic E-state index is -3.49. The summed E-state index contributed by atoms with van der Waals surface area (Å²) in [6.45, 7) is 5.01. The molecule has 0 atom stereocenters. The smallest absolute Gasteiger partial charge is 0.248 e. The number of anilines is 1. The van der Waals surface area contributed by atoms with Crippen molar-refractivity contribution in [1.82, 2.24) is 14.1 Å². The zero-order valence-corrected chi connectivity index (χ0v) is 11.7. The molecular weight excluding hydrogens is 252 g/mol. The standard InChI is InChI=1S/C11H20N4O2S/c1-3-7-14-8-10(11(12)13-14)18(16,17)15(4-2)9-5-6-9/h8-9H,3-7H2,1-2H3,(H2,12,13). The highest BCUT2D eigenvalue weighted by molar-refractivity contribution is 7.89. The van der Waals surface area contributed by atoms with E-state index in [1.807, 2.05) is 13.8 Å². The van der Waals surface area contributed by atoms with Crippen LogP contribution in [0, 0.1) is 0 Å². The van der Waals surface area contributed by atoms with Gasteiger partial charge in [0.25, 0.3) is 0 Å². The average Bonchev–Trinajstić information content (AvgIpc) is 3.04. The molecule has 1 saturated carbocycles. The predicted octanol–water partition coefficient (Wildman–Crippen LogP) is 1.05. The molecule has 2 rings (SSSR count). The number of hydrogen-bond acceptors (Lipinski definition) is 4. The number of nitrogen functional groups attached to an aromatic ring is 1. The second-order valence-corrected chi connectivity index (χ2v) is 6.44. The molecular formula is C11H20N4O2S. The first kappa shape index (κ1) is 13.4. The maximum Gasteiger partial charge on any atom is 0.248 e. The molecule has 0 spiro atoms. The van der Waals surface area contributed by atoms with E-state index >= 15 is 0 Å². The molecule has 102 valence electrons. The Morgan fingerprint density at radius 2 is 2.17 bits per heavy atom. The van der Waals surface area contributed by atoms with Gasteiger partial charge in [-0.25, -0.2) is 8.42 Å². The second kappa shape index (κ2) is 4.89. The molecule has 0 aromatic carbocycles. The van der Waals surface area contributed by atoms with E-state index in [4.69, 9.17) is 5.73 Å². The van der Waals surface area contributed by atoms with Gasteiger partial charge in [0.05, 0.1) is 0 Å². The zero-order valence-electron chi connectivity index (χ0n) is 10.8. The lowest BCUT2D eigenvalue weighted by atomic mass is 10.5. The van der Waals surface area contributed by atoms with Crippen molar-refractivity contribution >= 4 is 15.8 Å². The maximum absolute atomic E-state index is 12.5. The fraction of sp³-hybridized carbons (Fsp3) is 0.727. The van der Waals surface area contributed by atoms with Gasteiger partial charge in [0.1, 0.15) is 4.90 Å². The lowest BCUT2D eigenvalue weighted by Gasteiger charge is -2.18. The summed E-state index contributed by atoms with van der Waals surface area (Å²) in [5, 5.41) is 4.05. The number of rotatable bonds is 6. The Labute approximate surface area is 108 Å². The maximum atomic E-state index is 12.5. The molecule has 7 heteroatoms. The van der Waals surface area contributed by atoms with Crippen LogP contribution in [0.15, 0.2) is 11.1 Å². The van der Waals surface area contributed by atoms with E-state index < -0.39 is 10.0 Å². The molecule has 1 fully saturated rings. The van der Waals surface area contributed by atoms with E-state index in [0.717, 1.165) is 19.3 Å². The number of nitrogens with two attached hydrogens (primary N) is 1. The molecule has 1 aliphatic carbocycles. The Balaban J connectivity index is 2.33. The Morgan fingerprint density at radius 1 is 1.50 bits per heavy atom. The van der Waals surface area contributed by atoms with Crippen LogP contribution < -0.4 is 5.73 Å². The molecule has 1 heterocycles. The molecule has 0 aliphatic heterocycles. The topological polar surface area (TPSA) is 81.2 Å². The fourth-order valence-corrected chi connectivity index (χ4v) is 3.83. The van der Waals surface area contributed by atoms with E-state index in [1.54, 1.807) is 10.9 Å². The summed E-state index contributed by atoms with van der Waals surface area (Å²) in [6, 6.07) is 0.147. The molecule has 6 nitrogen and oxygen atoms in total. The molecule has 0 bridgehead atoms. The minimum Gasteiger partial charge on any atom is -0.381 e. The third-order valence-electron chi connectivity index (χ3n) is 3.06. The lowest BCUT2D eigenvalue weighted by Crippen LogP contribution is -2.33. The van der Waals surface area contributed by atoms with Crippen molar-refractivity contribution in [3.8, 4) is 0 Å². The number of sulfonamides is 1. The summed E-state index contributed by atoms with van der Waals surface area (Å²) >= 11 is 0. The predicted molar refractivity (Wildman–Crippen MR) is 69.5 cm³/mol. The van der Waals surface area contributed by atoms with Crippen molar-refractivity contribution < 1.29 is 8.42 Å². The van der Waals surface area contributed by atoms with Crippen LogP contribution in [0.3, 0.4) is 0 Å². The Bertz CT molecular complexity index is 519. The van der Waals surface area contributed by atoms with Crippen LogP contribution in [0.5, 0.6) is 0 Å². The normalized spacial score (nSPS) is 16.4. The van der Waals surface area contributed by atoms with Gasteiger partial charge in [0.15, 0.2) is 5.82 Å². The van der Waals surface area contributed by atoms with Crippen molar-refractivity contribution in [3.63, 3.8) is 0 Å². The molecule has 0 saturated heterocycles. The Morgan fingerprint density at radius 3 is 2.67 bits per heavy atom. The largest absolute Gasteiger partial charge is 0.381 e. The summed E-state index contributed by atoms with van der Waals surface area (Å²) < 4.78 is 28.1. The van der Waals surface area contributed by atoms with E-state index in [0.29, 0.717) is 13.1 Å². The van der Waals surface area contributed by atoms with Gasteiger partial charge in [-0.2, -0.15) is 9.40 Å². The molecule has 1 aliphatic rings. The van der Waals surface area contributed by atoms with Gasteiger partial charge >= 0.3 is 0 Å². The monoisotopic (exact) mass is 272 g/mol. The lowest BCUT2D eigenvalue weighted by molar-refractivity contribution is 0.421. The number of hydrogen-bond donors (Lipinski definition) is 1. The van der Waals surface area contributed by atoms with Crippen LogP contribution >= 0.6 is 0 Å². The quantitative estimate of drug-likeness (QED) is 0.839. The van der Waals surface area contributed by atoms with Gasteiger partial charge in [-0.15, -0.1) is 0 Å². The summed E-state index contributed by atoms with van der Waals surface area (Å²) in [7, 11) is -3.49. The SMILES string of the molecule is CCCn1cc(S(=O)(=O)N(CC)C2CC2)c(N)n1. The average molecular weight is 272 g/mol. The zero-order chi connectivity index (χ0) is 13.3. The van der Waals surface area contributed by atoms with Crippen LogP contribution in [-0.4, -0.2) is 35.1 Å². The molecule has 0 radical (unpaired) electrons. The van der Waals surface area contributed by atoms with Gasteiger partial charge in [-0.1, -0.05) is 13.8 Å². The Kier molecular flexibility index (Phi) is 3.63. The van der Waals surface area contributed by atoms with Crippen LogP contribution in [0.2, 0.25) is 0 Å². The van der Waals surface area contributed by atoms with Gasteiger partial charge in [-0.3, -0.25) is 4.68 Å². The van der Waals surface area contributed by atoms with Crippen molar-refractivity contribution in [2.75, 3.05) is 12.3 Å².